The Morgan fingerprint density at radius 3 is 2.83 bits per heavy atom. The van der Waals surface area contributed by atoms with Crippen LogP contribution >= 0.6 is 46.3 Å². The predicted molar refractivity (Wildman–Crippen MR) is 143 cm³/mol. The number of ether oxygens (including phenoxy) is 2. The van der Waals surface area contributed by atoms with Gasteiger partial charge in [0, 0.05) is 16.4 Å². The van der Waals surface area contributed by atoms with Crippen molar-refractivity contribution in [2.45, 2.75) is 44.0 Å². The van der Waals surface area contributed by atoms with Crippen LogP contribution in [0.5, 0.6) is 5.75 Å². The van der Waals surface area contributed by atoms with Crippen molar-refractivity contribution in [3.8, 4) is 5.75 Å². The predicted octanol–water partition coefficient (Wildman–Crippen LogP) is 5.81. The molecule has 1 N–H and O–H groups in total. The molecule has 36 heavy (non-hydrogen) atoms. The fourth-order valence-electron chi connectivity index (χ4n) is 3.84. The number of hydrogen-bond donors (Lipinski definition) is 1. The van der Waals surface area contributed by atoms with Crippen molar-refractivity contribution in [3.63, 3.8) is 0 Å². The van der Waals surface area contributed by atoms with E-state index in [0.717, 1.165) is 36.1 Å². The Morgan fingerprint density at radius 1 is 1.28 bits per heavy atom. The first kappa shape index (κ1) is 26.5. The lowest BCUT2D eigenvalue weighted by Gasteiger charge is -2.12. The number of nitrogens with zero attached hydrogens (tertiary/aromatic N) is 3. The van der Waals surface area contributed by atoms with E-state index in [9.17, 15) is 9.59 Å². The van der Waals surface area contributed by atoms with Crippen LogP contribution < -0.4 is 10.1 Å². The number of amides is 1. The van der Waals surface area contributed by atoms with Gasteiger partial charge in [0.25, 0.3) is 0 Å². The molecule has 0 spiro atoms. The summed E-state index contributed by atoms with van der Waals surface area (Å²) in [7, 11) is 1.35. The summed E-state index contributed by atoms with van der Waals surface area (Å²) in [6.45, 7) is 4.35. The van der Waals surface area contributed by atoms with Gasteiger partial charge in [-0.15, -0.1) is 28.1 Å². The number of carbonyl (C=O) groups excluding carboxylic acids is 2. The second-order valence-electron chi connectivity index (χ2n) is 7.90. The van der Waals surface area contributed by atoms with E-state index in [1.807, 2.05) is 4.57 Å². The van der Waals surface area contributed by atoms with Gasteiger partial charge in [0.05, 0.1) is 23.4 Å². The topological polar surface area (TPSA) is 95.3 Å². The van der Waals surface area contributed by atoms with E-state index in [4.69, 9.17) is 32.7 Å². The van der Waals surface area contributed by atoms with Crippen molar-refractivity contribution in [1.82, 2.24) is 14.8 Å². The first-order valence-corrected chi connectivity index (χ1v) is 13.7. The third-order valence-corrected chi connectivity index (χ3v) is 8.21. The number of aryl methyl sites for hydroxylation is 1. The summed E-state index contributed by atoms with van der Waals surface area (Å²) < 4.78 is 12.6. The molecule has 1 aliphatic rings. The maximum atomic E-state index is 12.8. The van der Waals surface area contributed by atoms with Crippen LogP contribution in [-0.2, 0) is 35.5 Å². The van der Waals surface area contributed by atoms with Crippen molar-refractivity contribution in [2.75, 3.05) is 18.2 Å². The number of hydrogen-bond acceptors (Lipinski definition) is 8. The smallest absolute Gasteiger partial charge is 0.341 e. The summed E-state index contributed by atoms with van der Waals surface area (Å²) in [5, 5.41) is 13.3. The van der Waals surface area contributed by atoms with Gasteiger partial charge in [0.2, 0.25) is 5.91 Å². The highest BCUT2D eigenvalue weighted by molar-refractivity contribution is 7.99. The van der Waals surface area contributed by atoms with Gasteiger partial charge in [-0.2, -0.15) is 0 Å². The molecule has 0 saturated carbocycles. The minimum absolute atomic E-state index is 0.0856. The number of allylic oxidation sites excluding steroid dienone is 1. The zero-order chi connectivity index (χ0) is 25.7. The molecule has 0 saturated heterocycles. The molecule has 0 bridgehead atoms. The number of aromatic nitrogens is 3. The van der Waals surface area contributed by atoms with E-state index < -0.39 is 5.97 Å². The Balaban J connectivity index is 1.43. The quantitative estimate of drug-likeness (QED) is 0.188. The van der Waals surface area contributed by atoms with Crippen LogP contribution in [0.1, 0.15) is 39.5 Å². The zero-order valence-corrected chi connectivity index (χ0v) is 22.7. The molecule has 4 rings (SSSR count). The molecule has 1 aliphatic carbocycles. The number of rotatable bonds is 10. The normalized spacial score (nSPS) is 12.6. The Morgan fingerprint density at radius 2 is 2.08 bits per heavy atom. The van der Waals surface area contributed by atoms with Crippen molar-refractivity contribution >= 4 is 63.2 Å². The molecule has 8 nitrogen and oxygen atoms in total. The number of esters is 1. The molecule has 0 radical (unpaired) electrons. The van der Waals surface area contributed by atoms with Gasteiger partial charge < -0.3 is 14.8 Å². The van der Waals surface area contributed by atoms with Crippen molar-refractivity contribution in [2.24, 2.45) is 0 Å². The minimum Gasteiger partial charge on any atom is -0.484 e. The maximum Gasteiger partial charge on any atom is 0.341 e. The zero-order valence-electron chi connectivity index (χ0n) is 19.5. The second-order valence-corrected chi connectivity index (χ2v) is 10.8. The van der Waals surface area contributed by atoms with E-state index in [1.165, 1.54) is 30.2 Å². The SMILES string of the molecule is C=CCn1c(COc2ccc(Cl)cc2Cl)nnc1SCC(=O)Nc1sc2c(c1C(=O)OC)CCCC2. The second kappa shape index (κ2) is 12.1. The molecule has 1 aromatic carbocycles. The molecule has 12 heteroatoms. The average Bonchev–Trinajstić information content (AvgIpc) is 3.42. The van der Waals surface area contributed by atoms with Gasteiger partial charge in [-0.3, -0.25) is 9.36 Å². The summed E-state index contributed by atoms with van der Waals surface area (Å²) in [5.74, 6) is 0.448. The highest BCUT2D eigenvalue weighted by Gasteiger charge is 2.27. The van der Waals surface area contributed by atoms with Gasteiger partial charge in [-0.05, 0) is 49.4 Å². The van der Waals surface area contributed by atoms with E-state index in [2.05, 4.69) is 22.1 Å². The molecule has 2 heterocycles. The fourth-order valence-corrected chi connectivity index (χ4v) is 6.37. The number of benzene rings is 1. The van der Waals surface area contributed by atoms with Crippen molar-refractivity contribution in [3.05, 3.63) is 62.7 Å². The van der Waals surface area contributed by atoms with Crippen molar-refractivity contribution < 1.29 is 19.1 Å². The van der Waals surface area contributed by atoms with Crippen LogP contribution in [0.25, 0.3) is 0 Å². The number of thiophene rings is 1. The molecule has 0 unspecified atom stereocenters. The Labute approximate surface area is 227 Å². The number of anilines is 1. The van der Waals surface area contributed by atoms with E-state index in [0.29, 0.717) is 43.9 Å². The maximum absolute atomic E-state index is 12.8. The van der Waals surface area contributed by atoms with Crippen LogP contribution in [0, 0.1) is 0 Å². The standard InChI is InChI=1S/C24H24Cl2N4O4S2/c1-3-10-30-19(12-34-17-9-8-14(25)11-16(17)26)28-29-24(30)35-13-20(31)27-22-21(23(32)33-2)15-6-4-5-7-18(15)36-22/h3,8-9,11H,1,4-7,10,12-13H2,2H3,(H,27,31). The summed E-state index contributed by atoms with van der Waals surface area (Å²) >= 11 is 14.8. The third kappa shape index (κ3) is 6.05. The number of thioether (sulfide) groups is 1. The summed E-state index contributed by atoms with van der Waals surface area (Å²) in [6.07, 6.45) is 5.53. The lowest BCUT2D eigenvalue weighted by molar-refractivity contribution is -0.113. The first-order valence-electron chi connectivity index (χ1n) is 11.2. The number of methoxy groups -OCH3 is 1. The molecule has 2 aromatic heterocycles. The Hall–Kier alpha value is -2.53. The van der Waals surface area contributed by atoms with E-state index in [1.54, 1.807) is 24.3 Å². The number of nitrogens with one attached hydrogen (secondary N) is 1. The summed E-state index contributed by atoms with van der Waals surface area (Å²) in [5.41, 5.74) is 1.47. The highest BCUT2D eigenvalue weighted by atomic mass is 35.5. The molecule has 1 amide bonds. The largest absolute Gasteiger partial charge is 0.484 e. The molecular weight excluding hydrogens is 543 g/mol. The number of carbonyl (C=O) groups is 2. The van der Waals surface area contributed by atoms with E-state index >= 15 is 0 Å². The summed E-state index contributed by atoms with van der Waals surface area (Å²) in [6, 6.07) is 4.97. The molecule has 3 aromatic rings. The lowest BCUT2D eigenvalue weighted by atomic mass is 9.95. The first-order chi connectivity index (χ1) is 17.4. The lowest BCUT2D eigenvalue weighted by Crippen LogP contribution is -2.17. The van der Waals surface area contributed by atoms with Gasteiger partial charge in [-0.25, -0.2) is 4.79 Å². The van der Waals surface area contributed by atoms with Crippen LogP contribution in [0.2, 0.25) is 10.0 Å². The van der Waals surface area contributed by atoms with E-state index in [-0.39, 0.29) is 18.3 Å². The molecule has 0 aliphatic heterocycles. The molecule has 0 fully saturated rings. The van der Waals surface area contributed by atoms with Gasteiger partial charge in [0.15, 0.2) is 11.0 Å². The fraction of sp³-hybridized carbons (Fsp3) is 0.333. The summed E-state index contributed by atoms with van der Waals surface area (Å²) in [4.78, 5) is 26.4. The van der Waals surface area contributed by atoms with Gasteiger partial charge in [-0.1, -0.05) is 41.0 Å². The highest BCUT2D eigenvalue weighted by Crippen LogP contribution is 2.38. The monoisotopic (exact) mass is 566 g/mol. The van der Waals surface area contributed by atoms with Crippen LogP contribution in [0.4, 0.5) is 5.00 Å². The van der Waals surface area contributed by atoms with Crippen LogP contribution in [-0.4, -0.2) is 39.5 Å². The third-order valence-electron chi connectivity index (χ3n) is 5.50. The Kier molecular flexibility index (Phi) is 8.95. The number of fused-ring (bicyclic) bond motifs is 1. The number of halogens is 2. The molecular formula is C24H24Cl2N4O4S2. The molecule has 190 valence electrons. The average molecular weight is 568 g/mol. The molecule has 0 atom stereocenters. The Bertz CT molecular complexity index is 1290. The van der Waals surface area contributed by atoms with Gasteiger partial charge in [0.1, 0.15) is 17.4 Å². The van der Waals surface area contributed by atoms with Crippen LogP contribution in [0.3, 0.4) is 0 Å². The van der Waals surface area contributed by atoms with Crippen molar-refractivity contribution in [1.29, 1.82) is 0 Å². The minimum atomic E-state index is -0.423. The van der Waals surface area contributed by atoms with Gasteiger partial charge >= 0.3 is 5.97 Å². The van der Waals surface area contributed by atoms with Crippen LogP contribution in [0.15, 0.2) is 36.0 Å².